The summed E-state index contributed by atoms with van der Waals surface area (Å²) in [5.74, 6) is -1.19. The molecule has 1 saturated carbocycles. The topological polar surface area (TPSA) is 66.4 Å². The number of nitrogens with one attached hydrogen (secondary N) is 1. The van der Waals surface area contributed by atoms with Crippen LogP contribution in [0, 0.1) is 0 Å². The number of benzene rings is 1. The zero-order chi connectivity index (χ0) is 14.6. The van der Waals surface area contributed by atoms with Gasteiger partial charge in [-0.3, -0.25) is 9.59 Å². The van der Waals surface area contributed by atoms with Gasteiger partial charge in [0.2, 0.25) is 5.91 Å². The monoisotopic (exact) mass is 275 g/mol. The lowest BCUT2D eigenvalue weighted by molar-refractivity contribution is -0.139. The minimum absolute atomic E-state index is 0.0141. The van der Waals surface area contributed by atoms with E-state index < -0.39 is 11.5 Å². The standard InChI is InChI=1S/C16H21NO3/c1-12(13-7-3-2-4-8-13)15(20)17-16(11-14(18)19)9-5-6-10-16/h2-4,7-8,12H,5-6,9-11H2,1H3,(H,17,20)(H,18,19)/t12-/m1/s1. The average Bonchev–Trinajstić information content (AvgIpc) is 2.86. The Hall–Kier alpha value is -1.84. The van der Waals surface area contributed by atoms with Crippen LogP contribution in [0.1, 0.15) is 50.5 Å². The highest BCUT2D eigenvalue weighted by atomic mass is 16.4. The molecule has 4 heteroatoms. The summed E-state index contributed by atoms with van der Waals surface area (Å²) in [4.78, 5) is 23.4. The highest BCUT2D eigenvalue weighted by molar-refractivity contribution is 5.84. The number of carbonyl (C=O) groups is 2. The molecule has 0 aromatic heterocycles. The van der Waals surface area contributed by atoms with Crippen LogP contribution < -0.4 is 5.32 Å². The van der Waals surface area contributed by atoms with Gasteiger partial charge < -0.3 is 10.4 Å². The minimum Gasteiger partial charge on any atom is -0.481 e. The van der Waals surface area contributed by atoms with Crippen LogP contribution >= 0.6 is 0 Å². The van der Waals surface area contributed by atoms with Gasteiger partial charge in [-0.15, -0.1) is 0 Å². The SMILES string of the molecule is C[C@@H](C(=O)NC1(CC(=O)O)CCCC1)c1ccccc1. The van der Waals surface area contributed by atoms with Crippen LogP contribution in [0.3, 0.4) is 0 Å². The summed E-state index contributed by atoms with van der Waals surface area (Å²) >= 11 is 0. The van der Waals surface area contributed by atoms with Gasteiger partial charge in [0, 0.05) is 0 Å². The number of hydrogen-bond donors (Lipinski definition) is 2. The van der Waals surface area contributed by atoms with Gasteiger partial charge in [0.15, 0.2) is 0 Å². The van der Waals surface area contributed by atoms with Crippen molar-refractivity contribution in [3.8, 4) is 0 Å². The predicted octanol–water partition coefficient (Wildman–Crippen LogP) is 2.69. The number of hydrogen-bond acceptors (Lipinski definition) is 2. The van der Waals surface area contributed by atoms with E-state index in [4.69, 9.17) is 5.11 Å². The average molecular weight is 275 g/mol. The van der Waals surface area contributed by atoms with Crippen molar-refractivity contribution in [2.75, 3.05) is 0 Å². The van der Waals surface area contributed by atoms with Crippen LogP contribution in [0.4, 0.5) is 0 Å². The molecule has 20 heavy (non-hydrogen) atoms. The van der Waals surface area contributed by atoms with E-state index in [9.17, 15) is 9.59 Å². The molecule has 1 aromatic rings. The Balaban J connectivity index is 2.07. The number of carbonyl (C=O) groups excluding carboxylic acids is 1. The number of rotatable bonds is 5. The summed E-state index contributed by atoms with van der Waals surface area (Å²) in [5, 5.41) is 12.1. The van der Waals surface area contributed by atoms with Crippen LogP contribution in [0.5, 0.6) is 0 Å². The van der Waals surface area contributed by atoms with Gasteiger partial charge in [0.1, 0.15) is 0 Å². The molecule has 1 aliphatic carbocycles. The Morgan fingerprint density at radius 2 is 1.85 bits per heavy atom. The fourth-order valence-electron chi connectivity index (χ4n) is 2.95. The third kappa shape index (κ3) is 3.38. The van der Waals surface area contributed by atoms with Crippen molar-refractivity contribution in [3.05, 3.63) is 35.9 Å². The summed E-state index contributed by atoms with van der Waals surface area (Å²) in [7, 11) is 0. The second-order valence-corrected chi connectivity index (χ2v) is 5.68. The summed E-state index contributed by atoms with van der Waals surface area (Å²) in [5.41, 5.74) is 0.403. The van der Waals surface area contributed by atoms with Crippen molar-refractivity contribution in [1.29, 1.82) is 0 Å². The van der Waals surface area contributed by atoms with Crippen molar-refractivity contribution >= 4 is 11.9 Å². The lowest BCUT2D eigenvalue weighted by Gasteiger charge is -2.30. The fraction of sp³-hybridized carbons (Fsp3) is 0.500. The number of carboxylic acids is 1. The molecule has 0 unspecified atom stereocenters. The highest BCUT2D eigenvalue weighted by Gasteiger charge is 2.38. The van der Waals surface area contributed by atoms with Crippen molar-refractivity contribution in [2.24, 2.45) is 0 Å². The molecule has 0 saturated heterocycles. The van der Waals surface area contributed by atoms with Gasteiger partial charge in [0.05, 0.1) is 17.9 Å². The zero-order valence-electron chi connectivity index (χ0n) is 11.8. The number of amides is 1. The molecule has 1 atom stereocenters. The van der Waals surface area contributed by atoms with Crippen molar-refractivity contribution in [2.45, 2.75) is 50.5 Å². The molecule has 0 heterocycles. The second-order valence-electron chi connectivity index (χ2n) is 5.68. The second kappa shape index (κ2) is 6.07. The quantitative estimate of drug-likeness (QED) is 0.868. The van der Waals surface area contributed by atoms with Crippen LogP contribution in [0.2, 0.25) is 0 Å². The van der Waals surface area contributed by atoms with Gasteiger partial charge in [-0.05, 0) is 25.3 Å². The largest absolute Gasteiger partial charge is 0.481 e. The molecule has 0 spiro atoms. The van der Waals surface area contributed by atoms with E-state index in [0.717, 1.165) is 31.2 Å². The van der Waals surface area contributed by atoms with E-state index in [0.29, 0.717) is 0 Å². The predicted molar refractivity (Wildman–Crippen MR) is 76.5 cm³/mol. The van der Waals surface area contributed by atoms with Gasteiger partial charge in [-0.2, -0.15) is 0 Å². The van der Waals surface area contributed by atoms with E-state index in [-0.39, 0.29) is 18.2 Å². The first-order valence-electron chi connectivity index (χ1n) is 7.11. The van der Waals surface area contributed by atoms with E-state index >= 15 is 0 Å². The minimum atomic E-state index is -0.848. The first-order chi connectivity index (χ1) is 9.52. The molecule has 1 aliphatic rings. The van der Waals surface area contributed by atoms with E-state index in [2.05, 4.69) is 5.32 Å². The Morgan fingerprint density at radius 1 is 1.25 bits per heavy atom. The Bertz CT molecular complexity index is 478. The normalized spacial score (nSPS) is 18.4. The van der Waals surface area contributed by atoms with Crippen LogP contribution in [-0.2, 0) is 9.59 Å². The summed E-state index contributed by atoms with van der Waals surface area (Å²) in [6.07, 6.45) is 3.49. The summed E-state index contributed by atoms with van der Waals surface area (Å²) in [6, 6.07) is 9.56. The van der Waals surface area contributed by atoms with Crippen molar-refractivity contribution < 1.29 is 14.7 Å². The van der Waals surface area contributed by atoms with Gasteiger partial charge in [-0.1, -0.05) is 43.2 Å². The van der Waals surface area contributed by atoms with Crippen molar-refractivity contribution in [3.63, 3.8) is 0 Å². The molecular weight excluding hydrogens is 254 g/mol. The van der Waals surface area contributed by atoms with E-state index in [1.54, 1.807) is 0 Å². The molecule has 108 valence electrons. The molecule has 2 N–H and O–H groups in total. The number of aliphatic carboxylic acids is 1. The summed E-state index contributed by atoms with van der Waals surface area (Å²) < 4.78 is 0. The Kier molecular flexibility index (Phi) is 4.42. The molecule has 0 bridgehead atoms. The van der Waals surface area contributed by atoms with E-state index in [1.165, 1.54) is 0 Å². The third-order valence-electron chi connectivity index (χ3n) is 4.13. The van der Waals surface area contributed by atoms with Crippen LogP contribution in [0.25, 0.3) is 0 Å². The number of carboxylic acid groups (broad SMARTS) is 1. The zero-order valence-corrected chi connectivity index (χ0v) is 11.8. The molecule has 4 nitrogen and oxygen atoms in total. The Labute approximate surface area is 119 Å². The molecule has 0 aliphatic heterocycles. The molecule has 1 aromatic carbocycles. The smallest absolute Gasteiger partial charge is 0.305 e. The fourth-order valence-corrected chi connectivity index (χ4v) is 2.95. The van der Waals surface area contributed by atoms with Gasteiger partial charge >= 0.3 is 5.97 Å². The Morgan fingerprint density at radius 3 is 2.40 bits per heavy atom. The maximum absolute atomic E-state index is 12.4. The lowest BCUT2D eigenvalue weighted by Crippen LogP contribution is -2.49. The van der Waals surface area contributed by atoms with Gasteiger partial charge in [-0.25, -0.2) is 0 Å². The van der Waals surface area contributed by atoms with Crippen LogP contribution in [-0.4, -0.2) is 22.5 Å². The highest BCUT2D eigenvalue weighted by Crippen LogP contribution is 2.33. The lowest BCUT2D eigenvalue weighted by atomic mass is 9.91. The molecule has 2 rings (SSSR count). The molecule has 1 amide bonds. The third-order valence-corrected chi connectivity index (χ3v) is 4.13. The van der Waals surface area contributed by atoms with Crippen LogP contribution in [0.15, 0.2) is 30.3 Å². The first kappa shape index (κ1) is 14.6. The first-order valence-corrected chi connectivity index (χ1v) is 7.11. The molecule has 0 radical (unpaired) electrons. The maximum Gasteiger partial charge on any atom is 0.305 e. The molecule has 1 fully saturated rings. The molecular formula is C16H21NO3. The summed E-state index contributed by atoms with van der Waals surface area (Å²) in [6.45, 7) is 1.86. The van der Waals surface area contributed by atoms with E-state index in [1.807, 2.05) is 37.3 Å². The van der Waals surface area contributed by atoms with Crippen molar-refractivity contribution in [1.82, 2.24) is 5.32 Å². The van der Waals surface area contributed by atoms with Gasteiger partial charge in [0.25, 0.3) is 0 Å². The maximum atomic E-state index is 12.4.